The van der Waals surface area contributed by atoms with Gasteiger partial charge in [0.1, 0.15) is 11.8 Å². The fourth-order valence-electron chi connectivity index (χ4n) is 3.12. The molecule has 2 atom stereocenters. The number of ether oxygens (including phenoxy) is 1. The second-order valence-electron chi connectivity index (χ2n) is 7.60. The molecule has 0 aliphatic rings. The van der Waals surface area contributed by atoms with Gasteiger partial charge in [-0.1, -0.05) is 12.1 Å². The summed E-state index contributed by atoms with van der Waals surface area (Å²) in [6, 6.07) is -2.30. The van der Waals surface area contributed by atoms with Gasteiger partial charge in [-0.05, 0) is 13.5 Å². The normalized spacial score (nSPS) is 13.6. The molecule has 1 aromatic heterocycles. The quantitative estimate of drug-likeness (QED) is 0.129. The molecule has 0 aliphatic carbocycles. The maximum Gasteiger partial charge on any atom is 0.305 e. The van der Waals surface area contributed by atoms with Gasteiger partial charge in [-0.25, -0.2) is 4.98 Å². The highest BCUT2D eigenvalue weighted by atomic mass is 16.5. The van der Waals surface area contributed by atoms with E-state index >= 15 is 0 Å². The highest BCUT2D eigenvalue weighted by molar-refractivity contribution is 6.31. The summed E-state index contributed by atoms with van der Waals surface area (Å²) in [5.41, 5.74) is -0.472. The van der Waals surface area contributed by atoms with Crippen molar-refractivity contribution in [2.24, 2.45) is 10.1 Å². The highest BCUT2D eigenvalue weighted by Crippen LogP contribution is 2.11. The number of carboxylic acid groups (broad SMARTS) is 1. The lowest BCUT2D eigenvalue weighted by molar-refractivity contribution is -0.140. The number of aromatic nitrogens is 2. The molecule has 0 saturated carbocycles. The Morgan fingerprint density at radius 3 is 2.66 bits per heavy atom. The molecule has 0 saturated heterocycles. The summed E-state index contributed by atoms with van der Waals surface area (Å²) in [5, 5.41) is 26.5. The number of aliphatic carboxylic acids is 1. The number of carboxylic acids is 1. The molecule has 0 bridgehead atoms. The average Bonchev–Trinajstić information content (AvgIpc) is 2.81. The summed E-state index contributed by atoms with van der Waals surface area (Å²) in [4.78, 5) is 59.3. The predicted octanol–water partition coefficient (Wildman–Crippen LogP) is -0.756. The van der Waals surface area contributed by atoms with Gasteiger partial charge in [0.2, 0.25) is 5.91 Å². The molecule has 0 spiro atoms. The van der Waals surface area contributed by atoms with E-state index in [0.717, 1.165) is 4.57 Å². The molecule has 0 aromatic carbocycles. The van der Waals surface area contributed by atoms with Crippen LogP contribution in [0.2, 0.25) is 0 Å². The number of likely N-dealkylation sites (N-methyl/N-ethyl adjacent to an activating group) is 1. The molecular weight excluding hydrogens is 462 g/mol. The number of carbonyl (C=O) groups excluding carboxylic acids is 2. The molecule has 0 radical (unpaired) electrons. The molecule has 14 heteroatoms. The molecule has 1 rings (SSSR count). The molecule has 14 nitrogen and oxygen atoms in total. The minimum Gasteiger partial charge on any atom is -0.481 e. The molecule has 194 valence electrons. The smallest absolute Gasteiger partial charge is 0.305 e. The standard InChI is InChI=1S/C21H33N7O7/c1-5-16(28-7-6-23-19(21(28)33)24-12-14(26-34)11-22-2)20(32)25-15(10-18(30)31)17(29)13-27(3)8-9-35-4/h6-7,11,15-16,34H,5,8-10,12-13H2,1-4H3,(H,23,24)(H,25,32)(H,30,31). The van der Waals surface area contributed by atoms with Gasteiger partial charge in [-0.2, -0.15) is 0 Å². The van der Waals surface area contributed by atoms with Gasteiger partial charge in [0, 0.05) is 39.3 Å². The number of carbonyl (C=O) groups is 3. The van der Waals surface area contributed by atoms with Crippen LogP contribution < -0.4 is 16.2 Å². The predicted molar refractivity (Wildman–Crippen MR) is 129 cm³/mol. The number of nitrogens with zero attached hydrogens (tertiary/aromatic N) is 5. The van der Waals surface area contributed by atoms with Crippen LogP contribution in [0.4, 0.5) is 5.82 Å². The van der Waals surface area contributed by atoms with Gasteiger partial charge in [0.25, 0.3) is 5.56 Å². The maximum atomic E-state index is 13.0. The topological polar surface area (TPSA) is 188 Å². The Bertz CT molecular complexity index is 977. The van der Waals surface area contributed by atoms with Crippen molar-refractivity contribution in [2.45, 2.75) is 31.8 Å². The fraction of sp³-hybridized carbons (Fsp3) is 0.571. The number of oxime groups is 1. The Hall–Kier alpha value is -3.65. The second kappa shape index (κ2) is 15.3. The number of methoxy groups -OCH3 is 1. The Labute approximate surface area is 202 Å². The molecule has 2 unspecified atom stereocenters. The van der Waals surface area contributed by atoms with Crippen LogP contribution in [-0.4, -0.2) is 108 Å². The van der Waals surface area contributed by atoms with Crippen molar-refractivity contribution in [3.8, 4) is 0 Å². The van der Waals surface area contributed by atoms with E-state index in [-0.39, 0.29) is 31.0 Å². The van der Waals surface area contributed by atoms with Gasteiger partial charge in [-0.3, -0.25) is 33.6 Å². The molecule has 1 heterocycles. The summed E-state index contributed by atoms with van der Waals surface area (Å²) < 4.78 is 6.10. The van der Waals surface area contributed by atoms with Crippen LogP contribution in [0.5, 0.6) is 0 Å². The molecule has 1 amide bonds. The number of Topliss-reactive ketones (excluding diaryl/α,β-unsaturated/α-hetero) is 1. The van der Waals surface area contributed by atoms with Crippen molar-refractivity contribution in [3.05, 3.63) is 22.7 Å². The van der Waals surface area contributed by atoms with E-state index in [2.05, 4.69) is 25.8 Å². The first-order valence-corrected chi connectivity index (χ1v) is 10.8. The average molecular weight is 496 g/mol. The minimum atomic E-state index is -1.27. The lowest BCUT2D eigenvalue weighted by atomic mass is 10.1. The number of hydrogen-bond acceptors (Lipinski definition) is 11. The van der Waals surface area contributed by atoms with E-state index in [4.69, 9.17) is 9.94 Å². The van der Waals surface area contributed by atoms with Crippen molar-refractivity contribution in [3.63, 3.8) is 0 Å². The van der Waals surface area contributed by atoms with Crippen LogP contribution in [0.1, 0.15) is 25.8 Å². The van der Waals surface area contributed by atoms with Crippen LogP contribution in [0.3, 0.4) is 0 Å². The van der Waals surface area contributed by atoms with Gasteiger partial charge < -0.3 is 25.7 Å². The Kier molecular flexibility index (Phi) is 12.8. The summed E-state index contributed by atoms with van der Waals surface area (Å²) in [6.07, 6.45) is 3.52. The third-order valence-corrected chi connectivity index (χ3v) is 4.92. The van der Waals surface area contributed by atoms with E-state index in [0.29, 0.717) is 13.2 Å². The van der Waals surface area contributed by atoms with Crippen LogP contribution >= 0.6 is 0 Å². The molecule has 4 N–H and O–H groups in total. The van der Waals surface area contributed by atoms with Crippen molar-refractivity contribution in [2.75, 3.05) is 52.8 Å². The van der Waals surface area contributed by atoms with Crippen LogP contribution in [0, 0.1) is 0 Å². The zero-order valence-electron chi connectivity index (χ0n) is 20.3. The highest BCUT2D eigenvalue weighted by Gasteiger charge is 2.28. The second-order valence-corrected chi connectivity index (χ2v) is 7.60. The number of aliphatic imine (C=N–C) groups is 1. The van der Waals surface area contributed by atoms with Crippen molar-refractivity contribution in [1.29, 1.82) is 0 Å². The number of anilines is 1. The van der Waals surface area contributed by atoms with Gasteiger partial charge in [-0.15, -0.1) is 0 Å². The molecule has 0 aliphatic heterocycles. The van der Waals surface area contributed by atoms with Crippen LogP contribution in [0.15, 0.2) is 27.3 Å². The van der Waals surface area contributed by atoms with Crippen LogP contribution in [0.25, 0.3) is 0 Å². The van der Waals surface area contributed by atoms with Gasteiger partial charge in [0.15, 0.2) is 11.6 Å². The summed E-state index contributed by atoms with van der Waals surface area (Å²) in [7, 11) is 4.69. The maximum absolute atomic E-state index is 13.0. The molecule has 1 aromatic rings. The summed E-state index contributed by atoms with van der Waals surface area (Å²) in [5.74, 6) is -2.50. The van der Waals surface area contributed by atoms with E-state index in [1.807, 2.05) is 0 Å². The number of hydrogen-bond donors (Lipinski definition) is 4. The third kappa shape index (κ3) is 9.62. The lowest BCUT2D eigenvalue weighted by Crippen LogP contribution is -2.49. The first-order chi connectivity index (χ1) is 16.7. The first-order valence-electron chi connectivity index (χ1n) is 10.8. The zero-order chi connectivity index (χ0) is 26.4. The number of nitrogens with one attached hydrogen (secondary N) is 2. The fourth-order valence-corrected chi connectivity index (χ4v) is 3.12. The minimum absolute atomic E-state index is 0.0468. The summed E-state index contributed by atoms with van der Waals surface area (Å²) >= 11 is 0. The van der Waals surface area contributed by atoms with Gasteiger partial charge in [0.05, 0.1) is 32.2 Å². The first kappa shape index (κ1) is 29.4. The Morgan fingerprint density at radius 1 is 1.37 bits per heavy atom. The number of amides is 1. The van der Waals surface area contributed by atoms with Crippen molar-refractivity contribution in [1.82, 2.24) is 19.8 Å². The lowest BCUT2D eigenvalue weighted by Gasteiger charge is -2.24. The molecule has 35 heavy (non-hydrogen) atoms. The zero-order valence-corrected chi connectivity index (χ0v) is 20.3. The SMILES string of the molecule is CCC(C(=O)NC(CC(=O)O)C(=O)CN(C)CCOC)n1ccnc(NCC(C=NC)=NO)c1=O. The largest absolute Gasteiger partial charge is 0.481 e. The van der Waals surface area contributed by atoms with E-state index in [1.54, 1.807) is 18.9 Å². The van der Waals surface area contributed by atoms with E-state index < -0.39 is 41.7 Å². The van der Waals surface area contributed by atoms with E-state index in [9.17, 15) is 24.3 Å². The van der Waals surface area contributed by atoms with Crippen molar-refractivity contribution >= 4 is 35.4 Å². The Morgan fingerprint density at radius 2 is 2.09 bits per heavy atom. The third-order valence-electron chi connectivity index (χ3n) is 4.92. The monoisotopic (exact) mass is 495 g/mol. The van der Waals surface area contributed by atoms with Crippen molar-refractivity contribution < 1.29 is 29.4 Å². The Balaban J connectivity index is 3.06. The molecular formula is C21H33N7O7. The van der Waals surface area contributed by atoms with E-state index in [1.165, 1.54) is 32.8 Å². The van der Waals surface area contributed by atoms with Crippen LogP contribution in [-0.2, 0) is 19.1 Å². The summed E-state index contributed by atoms with van der Waals surface area (Å²) in [6.45, 7) is 2.37. The number of ketones is 1. The number of rotatable bonds is 16. The van der Waals surface area contributed by atoms with Gasteiger partial charge >= 0.3 is 5.97 Å². The molecule has 0 fully saturated rings.